The summed E-state index contributed by atoms with van der Waals surface area (Å²) in [6, 6.07) is 15.0. The molecule has 3 heterocycles. The Morgan fingerprint density at radius 1 is 1.07 bits per heavy atom. The van der Waals surface area contributed by atoms with E-state index in [-0.39, 0.29) is 22.9 Å². The van der Waals surface area contributed by atoms with Crippen molar-refractivity contribution in [1.29, 1.82) is 0 Å². The number of imidazole rings is 1. The monoisotopic (exact) mass is 557 g/mol. The number of anilines is 2. The molecule has 0 aliphatic carbocycles. The molecule has 0 spiro atoms. The third-order valence-corrected chi connectivity index (χ3v) is 7.98. The van der Waals surface area contributed by atoms with Crippen molar-refractivity contribution in [3.63, 3.8) is 0 Å². The first-order valence-electron chi connectivity index (χ1n) is 14.4. The standard InChI is InChI=1S/C33H40FN5O2/c1-21(2)39-15-12-22(13-16-39)31(40)19-24-17-26(11-14-35-24)41-25-8-10-30-29(20-25)37-32(38(30)6)36-23-7-9-28(34)27(18-23)33(3,4)5/h7-11,14,17-18,20-22H,12-13,15-16,19H2,1-6H3,(H,36,37). The van der Waals surface area contributed by atoms with E-state index in [1.807, 2.05) is 62.7 Å². The van der Waals surface area contributed by atoms with Gasteiger partial charge in [0.25, 0.3) is 0 Å². The summed E-state index contributed by atoms with van der Waals surface area (Å²) < 4.78 is 22.5. The third kappa shape index (κ3) is 6.59. The van der Waals surface area contributed by atoms with Gasteiger partial charge in [0, 0.05) is 49.4 Å². The number of carbonyl (C=O) groups excluding carboxylic acids is 1. The number of likely N-dealkylation sites (tertiary alicyclic amines) is 1. The maximum Gasteiger partial charge on any atom is 0.208 e. The van der Waals surface area contributed by atoms with Crippen molar-refractivity contribution < 1.29 is 13.9 Å². The molecule has 0 saturated carbocycles. The van der Waals surface area contributed by atoms with E-state index in [0.29, 0.717) is 35.5 Å². The number of ether oxygens (including phenoxy) is 1. The van der Waals surface area contributed by atoms with Gasteiger partial charge in [-0.05, 0) is 87.2 Å². The Bertz CT molecular complexity index is 1550. The van der Waals surface area contributed by atoms with Gasteiger partial charge in [-0.2, -0.15) is 0 Å². The number of nitrogens with one attached hydrogen (secondary N) is 1. The van der Waals surface area contributed by atoms with Crippen LogP contribution in [-0.4, -0.2) is 44.3 Å². The second-order valence-electron chi connectivity index (χ2n) is 12.3. The molecule has 1 aliphatic heterocycles. The number of aryl methyl sites for hydroxylation is 1. The molecule has 216 valence electrons. The van der Waals surface area contributed by atoms with Crippen molar-refractivity contribution in [3.8, 4) is 11.5 Å². The van der Waals surface area contributed by atoms with Gasteiger partial charge >= 0.3 is 0 Å². The van der Waals surface area contributed by atoms with Gasteiger partial charge in [-0.3, -0.25) is 9.78 Å². The summed E-state index contributed by atoms with van der Waals surface area (Å²) in [6.07, 6.45) is 3.83. The average molecular weight is 558 g/mol. The minimum Gasteiger partial charge on any atom is -0.457 e. The molecule has 1 fully saturated rings. The number of Topliss-reactive ketones (excluding diaryl/α,β-unsaturated/α-hetero) is 1. The van der Waals surface area contributed by atoms with E-state index >= 15 is 0 Å². The molecule has 0 atom stereocenters. The molecular formula is C33H40FN5O2. The van der Waals surface area contributed by atoms with Gasteiger partial charge in [0.2, 0.25) is 5.95 Å². The highest BCUT2D eigenvalue weighted by Gasteiger charge is 2.26. The van der Waals surface area contributed by atoms with Crippen LogP contribution in [0.5, 0.6) is 11.5 Å². The molecule has 0 unspecified atom stereocenters. The van der Waals surface area contributed by atoms with Gasteiger partial charge < -0.3 is 19.5 Å². The number of hydrogen-bond donors (Lipinski definition) is 1. The number of aromatic nitrogens is 3. The molecule has 0 bridgehead atoms. The Kier molecular flexibility index (Phi) is 8.13. The normalized spacial score (nSPS) is 15.0. The van der Waals surface area contributed by atoms with Crippen LogP contribution < -0.4 is 10.1 Å². The molecule has 7 nitrogen and oxygen atoms in total. The number of piperidine rings is 1. The van der Waals surface area contributed by atoms with Crippen LogP contribution in [0.25, 0.3) is 11.0 Å². The topological polar surface area (TPSA) is 72.3 Å². The van der Waals surface area contributed by atoms with Gasteiger partial charge in [-0.1, -0.05) is 20.8 Å². The van der Waals surface area contributed by atoms with Crippen LogP contribution in [0, 0.1) is 11.7 Å². The van der Waals surface area contributed by atoms with Gasteiger partial charge in [0.15, 0.2) is 0 Å². The quantitative estimate of drug-likeness (QED) is 0.248. The Labute approximate surface area is 241 Å². The van der Waals surface area contributed by atoms with Crippen LogP contribution in [0.4, 0.5) is 16.0 Å². The van der Waals surface area contributed by atoms with E-state index in [1.54, 1.807) is 18.3 Å². The van der Waals surface area contributed by atoms with Gasteiger partial charge in [-0.15, -0.1) is 0 Å². The number of fused-ring (bicyclic) bond motifs is 1. The number of rotatable bonds is 8. The first-order chi connectivity index (χ1) is 19.5. The van der Waals surface area contributed by atoms with E-state index in [0.717, 1.165) is 48.3 Å². The molecule has 8 heteroatoms. The number of benzene rings is 2. The van der Waals surface area contributed by atoms with E-state index in [2.05, 4.69) is 29.0 Å². The molecule has 5 rings (SSSR count). The van der Waals surface area contributed by atoms with Gasteiger partial charge in [0.1, 0.15) is 23.1 Å². The molecule has 0 radical (unpaired) electrons. The predicted molar refractivity (Wildman–Crippen MR) is 162 cm³/mol. The number of nitrogens with zero attached hydrogens (tertiary/aromatic N) is 4. The van der Waals surface area contributed by atoms with Gasteiger partial charge in [0.05, 0.1) is 16.7 Å². The fraction of sp³-hybridized carbons (Fsp3) is 0.424. The largest absolute Gasteiger partial charge is 0.457 e. The van der Waals surface area contributed by atoms with Crippen molar-refractivity contribution in [1.82, 2.24) is 19.4 Å². The summed E-state index contributed by atoms with van der Waals surface area (Å²) in [5.74, 6) is 2.05. The Hall–Kier alpha value is -3.78. The minimum absolute atomic E-state index is 0.0979. The number of ketones is 1. The summed E-state index contributed by atoms with van der Waals surface area (Å²) in [7, 11) is 1.94. The first-order valence-corrected chi connectivity index (χ1v) is 14.4. The van der Waals surface area contributed by atoms with Crippen LogP contribution in [0.2, 0.25) is 0 Å². The smallest absolute Gasteiger partial charge is 0.208 e. The minimum atomic E-state index is -0.314. The number of hydrogen-bond acceptors (Lipinski definition) is 6. The van der Waals surface area contributed by atoms with Crippen LogP contribution in [0.3, 0.4) is 0 Å². The SMILES string of the molecule is CC(C)N1CCC(C(=O)Cc2cc(Oc3ccc4c(c3)nc(Nc3ccc(F)c(C(C)(C)C)c3)n4C)ccn2)CC1. The highest BCUT2D eigenvalue weighted by Crippen LogP contribution is 2.31. The van der Waals surface area contributed by atoms with Crippen molar-refractivity contribution >= 4 is 28.5 Å². The Morgan fingerprint density at radius 3 is 2.51 bits per heavy atom. The fourth-order valence-corrected chi connectivity index (χ4v) is 5.47. The molecule has 1 saturated heterocycles. The molecule has 2 aromatic heterocycles. The summed E-state index contributed by atoms with van der Waals surface area (Å²) in [5, 5.41) is 3.33. The predicted octanol–water partition coefficient (Wildman–Crippen LogP) is 7.17. The molecule has 1 N–H and O–H groups in total. The summed E-state index contributed by atoms with van der Waals surface area (Å²) in [6.45, 7) is 12.3. The van der Waals surface area contributed by atoms with E-state index in [9.17, 15) is 9.18 Å². The lowest BCUT2D eigenvalue weighted by atomic mass is 9.86. The third-order valence-electron chi connectivity index (χ3n) is 7.98. The molecule has 0 amide bonds. The molecule has 4 aromatic rings. The maximum atomic E-state index is 14.4. The second kappa shape index (κ2) is 11.6. The lowest BCUT2D eigenvalue weighted by Gasteiger charge is -2.33. The zero-order valence-electron chi connectivity index (χ0n) is 24.9. The van der Waals surface area contributed by atoms with Crippen LogP contribution in [-0.2, 0) is 23.7 Å². The number of pyridine rings is 1. The summed E-state index contributed by atoms with van der Waals surface area (Å²) in [5.41, 5.74) is 3.53. The highest BCUT2D eigenvalue weighted by atomic mass is 19.1. The summed E-state index contributed by atoms with van der Waals surface area (Å²) >= 11 is 0. The van der Waals surface area contributed by atoms with Crippen molar-refractivity contribution in [3.05, 3.63) is 71.8 Å². The Balaban J connectivity index is 1.27. The summed E-state index contributed by atoms with van der Waals surface area (Å²) in [4.78, 5) is 24.6. The van der Waals surface area contributed by atoms with Crippen LogP contribution in [0.15, 0.2) is 54.7 Å². The Morgan fingerprint density at radius 2 is 1.80 bits per heavy atom. The van der Waals surface area contributed by atoms with Crippen LogP contribution >= 0.6 is 0 Å². The van der Waals surface area contributed by atoms with E-state index < -0.39 is 0 Å². The lowest BCUT2D eigenvalue weighted by Crippen LogP contribution is -2.40. The average Bonchev–Trinajstić information content (AvgIpc) is 3.23. The van der Waals surface area contributed by atoms with E-state index in [4.69, 9.17) is 9.72 Å². The maximum absolute atomic E-state index is 14.4. The fourth-order valence-electron chi connectivity index (χ4n) is 5.47. The van der Waals surface area contributed by atoms with Crippen molar-refractivity contribution in [2.45, 2.75) is 65.3 Å². The molecule has 1 aliphatic rings. The zero-order valence-corrected chi connectivity index (χ0v) is 24.9. The number of carbonyl (C=O) groups is 1. The molecular weight excluding hydrogens is 517 g/mol. The van der Waals surface area contributed by atoms with Crippen LogP contribution in [0.1, 0.15) is 58.7 Å². The first kappa shape index (κ1) is 28.7. The second-order valence-corrected chi connectivity index (χ2v) is 12.3. The van der Waals surface area contributed by atoms with Crippen molar-refractivity contribution in [2.24, 2.45) is 13.0 Å². The van der Waals surface area contributed by atoms with Gasteiger partial charge in [-0.25, -0.2) is 9.37 Å². The molecule has 2 aromatic carbocycles. The van der Waals surface area contributed by atoms with E-state index in [1.165, 1.54) is 6.07 Å². The van der Waals surface area contributed by atoms with Crippen molar-refractivity contribution in [2.75, 3.05) is 18.4 Å². The lowest BCUT2D eigenvalue weighted by molar-refractivity contribution is -0.123. The zero-order chi connectivity index (χ0) is 29.3. The highest BCUT2D eigenvalue weighted by molar-refractivity contribution is 5.83. The number of halogens is 1. The molecule has 41 heavy (non-hydrogen) atoms.